The summed E-state index contributed by atoms with van der Waals surface area (Å²) in [6.07, 6.45) is 7.62. The lowest BCUT2D eigenvalue weighted by atomic mass is 10.2. The van der Waals surface area contributed by atoms with Gasteiger partial charge in [0.05, 0.1) is 6.20 Å². The number of carbonyl (C=O) groups excluding carboxylic acids is 1. The molecule has 0 atom stereocenters. The van der Waals surface area contributed by atoms with Gasteiger partial charge in [0.15, 0.2) is 0 Å². The van der Waals surface area contributed by atoms with E-state index in [0.29, 0.717) is 5.56 Å². The Morgan fingerprint density at radius 1 is 1.30 bits per heavy atom. The Labute approximate surface area is 119 Å². The van der Waals surface area contributed by atoms with Crippen molar-refractivity contribution in [2.45, 2.75) is 26.7 Å². The van der Waals surface area contributed by atoms with E-state index in [2.05, 4.69) is 12.0 Å². The van der Waals surface area contributed by atoms with Crippen molar-refractivity contribution < 1.29 is 4.79 Å². The van der Waals surface area contributed by atoms with Crippen molar-refractivity contribution in [3.8, 4) is 5.82 Å². The lowest BCUT2D eigenvalue weighted by molar-refractivity contribution is 0.0762. The van der Waals surface area contributed by atoms with Crippen LogP contribution in [0.4, 0.5) is 0 Å². The monoisotopic (exact) mass is 274 g/mol. The second-order valence-electron chi connectivity index (χ2n) is 4.83. The number of unbranched alkanes of at least 4 members (excludes halogenated alkanes) is 1. The summed E-state index contributed by atoms with van der Waals surface area (Å²) in [5, 5.41) is 4.24. The molecule has 0 radical (unpaired) electrons. The van der Waals surface area contributed by atoms with Gasteiger partial charge in [0.2, 0.25) is 0 Å². The van der Waals surface area contributed by atoms with Crippen LogP contribution in [0.2, 0.25) is 0 Å². The third-order valence-electron chi connectivity index (χ3n) is 3.44. The molecule has 2 heterocycles. The van der Waals surface area contributed by atoms with Crippen molar-refractivity contribution in [1.29, 1.82) is 0 Å². The number of hydrogen-bond acceptors (Lipinski definition) is 2. The first-order valence-electron chi connectivity index (χ1n) is 7.13. The zero-order valence-electron chi connectivity index (χ0n) is 12.4. The maximum absolute atomic E-state index is 12.7. The van der Waals surface area contributed by atoms with Gasteiger partial charge in [-0.1, -0.05) is 13.3 Å². The summed E-state index contributed by atoms with van der Waals surface area (Å²) < 4.78 is 3.66. The summed E-state index contributed by atoms with van der Waals surface area (Å²) in [5.41, 5.74) is 0.654. The van der Waals surface area contributed by atoms with Gasteiger partial charge in [-0.05, 0) is 25.5 Å². The van der Waals surface area contributed by atoms with Crippen LogP contribution in [0.3, 0.4) is 0 Å². The van der Waals surface area contributed by atoms with E-state index in [1.165, 1.54) is 0 Å². The first-order chi connectivity index (χ1) is 9.69. The average Bonchev–Trinajstić information content (AvgIpc) is 3.08. The Bertz CT molecular complexity index is 556. The summed E-state index contributed by atoms with van der Waals surface area (Å²) in [6, 6.07) is 3.88. The van der Waals surface area contributed by atoms with Crippen LogP contribution in [-0.4, -0.2) is 38.2 Å². The SMILES string of the molecule is CCCCN(CC)C(=O)c1cnn(C)c1-n1cccc1. The van der Waals surface area contributed by atoms with Crippen molar-refractivity contribution in [2.75, 3.05) is 13.1 Å². The Morgan fingerprint density at radius 3 is 2.60 bits per heavy atom. The molecule has 108 valence electrons. The molecule has 5 heteroatoms. The van der Waals surface area contributed by atoms with E-state index in [-0.39, 0.29) is 5.91 Å². The maximum Gasteiger partial charge on any atom is 0.259 e. The Balaban J connectivity index is 2.31. The third-order valence-corrected chi connectivity index (χ3v) is 3.44. The van der Waals surface area contributed by atoms with E-state index in [9.17, 15) is 4.79 Å². The van der Waals surface area contributed by atoms with Gasteiger partial charge in [-0.2, -0.15) is 5.10 Å². The van der Waals surface area contributed by atoms with Crippen molar-refractivity contribution in [1.82, 2.24) is 19.2 Å². The second kappa shape index (κ2) is 6.41. The highest BCUT2D eigenvalue weighted by atomic mass is 16.2. The molecule has 0 fully saturated rings. The molecule has 0 aromatic carbocycles. The van der Waals surface area contributed by atoms with Gasteiger partial charge in [-0.15, -0.1) is 0 Å². The number of nitrogens with zero attached hydrogens (tertiary/aromatic N) is 4. The predicted molar refractivity (Wildman–Crippen MR) is 79.0 cm³/mol. The van der Waals surface area contributed by atoms with Crippen LogP contribution in [0.5, 0.6) is 0 Å². The zero-order valence-corrected chi connectivity index (χ0v) is 12.4. The number of aryl methyl sites for hydroxylation is 1. The van der Waals surface area contributed by atoms with Gasteiger partial charge >= 0.3 is 0 Å². The molecule has 0 unspecified atom stereocenters. The highest BCUT2D eigenvalue weighted by Gasteiger charge is 2.21. The zero-order chi connectivity index (χ0) is 14.5. The van der Waals surface area contributed by atoms with E-state index < -0.39 is 0 Å². The number of carbonyl (C=O) groups is 1. The molecule has 0 aliphatic rings. The predicted octanol–water partition coefficient (Wildman–Crippen LogP) is 2.47. The van der Waals surface area contributed by atoms with Gasteiger partial charge < -0.3 is 9.47 Å². The van der Waals surface area contributed by atoms with Gasteiger partial charge in [0.25, 0.3) is 5.91 Å². The van der Waals surface area contributed by atoms with Crippen LogP contribution in [0.1, 0.15) is 37.0 Å². The van der Waals surface area contributed by atoms with E-state index in [1.807, 2.05) is 48.0 Å². The van der Waals surface area contributed by atoms with Crippen molar-refractivity contribution >= 4 is 5.91 Å². The molecule has 5 nitrogen and oxygen atoms in total. The van der Waals surface area contributed by atoms with Gasteiger partial charge in [-0.25, -0.2) is 0 Å². The second-order valence-corrected chi connectivity index (χ2v) is 4.83. The third kappa shape index (κ3) is 2.76. The Kier molecular flexibility index (Phi) is 4.61. The van der Waals surface area contributed by atoms with Crippen LogP contribution in [-0.2, 0) is 7.05 Å². The van der Waals surface area contributed by atoms with Gasteiger partial charge in [0, 0.05) is 32.5 Å². The molecule has 0 aliphatic heterocycles. The molecule has 0 spiro atoms. The van der Waals surface area contributed by atoms with Crippen LogP contribution in [0.25, 0.3) is 5.82 Å². The minimum atomic E-state index is 0.0535. The Morgan fingerprint density at radius 2 is 2.00 bits per heavy atom. The van der Waals surface area contributed by atoms with Crippen molar-refractivity contribution in [3.63, 3.8) is 0 Å². The molecule has 0 N–H and O–H groups in total. The van der Waals surface area contributed by atoms with Crippen LogP contribution in [0, 0.1) is 0 Å². The highest BCUT2D eigenvalue weighted by molar-refractivity contribution is 5.97. The summed E-state index contributed by atoms with van der Waals surface area (Å²) >= 11 is 0. The fourth-order valence-corrected chi connectivity index (χ4v) is 2.29. The van der Waals surface area contributed by atoms with Crippen molar-refractivity contribution in [3.05, 3.63) is 36.3 Å². The molecule has 0 bridgehead atoms. The summed E-state index contributed by atoms with van der Waals surface area (Å²) in [5.74, 6) is 0.868. The van der Waals surface area contributed by atoms with E-state index >= 15 is 0 Å². The first-order valence-corrected chi connectivity index (χ1v) is 7.13. The molecule has 2 aromatic rings. The molecule has 2 rings (SSSR count). The maximum atomic E-state index is 12.7. The molecule has 0 saturated heterocycles. The molecule has 20 heavy (non-hydrogen) atoms. The fourth-order valence-electron chi connectivity index (χ4n) is 2.29. The first kappa shape index (κ1) is 14.4. The Hall–Kier alpha value is -2.04. The number of hydrogen-bond donors (Lipinski definition) is 0. The minimum Gasteiger partial charge on any atom is -0.339 e. The lowest BCUT2D eigenvalue weighted by Gasteiger charge is -2.20. The van der Waals surface area contributed by atoms with Crippen molar-refractivity contribution in [2.24, 2.45) is 7.05 Å². The molecular formula is C15H22N4O. The quantitative estimate of drug-likeness (QED) is 0.812. The normalized spacial score (nSPS) is 10.8. The molecule has 0 aliphatic carbocycles. The number of aromatic nitrogens is 3. The minimum absolute atomic E-state index is 0.0535. The summed E-state index contributed by atoms with van der Waals surface area (Å²) in [6.45, 7) is 5.66. The summed E-state index contributed by atoms with van der Waals surface area (Å²) in [4.78, 5) is 14.6. The molecule has 1 amide bonds. The molecule has 2 aromatic heterocycles. The fraction of sp³-hybridized carbons (Fsp3) is 0.467. The molecular weight excluding hydrogens is 252 g/mol. The van der Waals surface area contributed by atoms with E-state index in [0.717, 1.165) is 31.7 Å². The largest absolute Gasteiger partial charge is 0.339 e. The smallest absolute Gasteiger partial charge is 0.259 e. The van der Waals surface area contributed by atoms with E-state index in [1.54, 1.807) is 10.9 Å². The highest BCUT2D eigenvalue weighted by Crippen LogP contribution is 2.16. The molecule has 0 saturated carbocycles. The van der Waals surface area contributed by atoms with Gasteiger partial charge in [0.1, 0.15) is 11.4 Å². The lowest BCUT2D eigenvalue weighted by Crippen LogP contribution is -2.32. The topological polar surface area (TPSA) is 43.1 Å². The number of rotatable bonds is 6. The summed E-state index contributed by atoms with van der Waals surface area (Å²) in [7, 11) is 1.86. The number of amides is 1. The average molecular weight is 274 g/mol. The van der Waals surface area contributed by atoms with Crippen LogP contribution in [0.15, 0.2) is 30.7 Å². The van der Waals surface area contributed by atoms with Crippen LogP contribution < -0.4 is 0 Å². The van der Waals surface area contributed by atoms with Gasteiger partial charge in [-0.3, -0.25) is 9.48 Å². The standard InChI is InChI=1S/C15H22N4O/c1-4-6-9-18(5-2)15(20)13-12-16-17(3)14(13)19-10-7-8-11-19/h7-8,10-12H,4-6,9H2,1-3H3. The van der Waals surface area contributed by atoms with Crippen LogP contribution >= 0.6 is 0 Å². The van der Waals surface area contributed by atoms with E-state index in [4.69, 9.17) is 0 Å².